The van der Waals surface area contributed by atoms with Crippen molar-refractivity contribution in [1.29, 1.82) is 0 Å². The van der Waals surface area contributed by atoms with Crippen LogP contribution in [-0.2, 0) is 12.6 Å². The van der Waals surface area contributed by atoms with Crippen LogP contribution in [0, 0.1) is 5.82 Å². The van der Waals surface area contributed by atoms with E-state index in [9.17, 15) is 4.39 Å². The largest absolute Gasteiger partial charge is 0.317 e. The molecule has 2 aromatic rings. The van der Waals surface area contributed by atoms with Crippen molar-refractivity contribution in [3.8, 4) is 0 Å². The molecule has 2 heterocycles. The quantitative estimate of drug-likeness (QED) is 0.826. The monoisotopic (exact) mass is 220 g/mol. The maximum atomic E-state index is 12.8. The maximum Gasteiger partial charge on any atom is 0.141 e. The third-order valence-electron chi connectivity index (χ3n) is 2.56. The molecule has 0 aliphatic rings. The molecule has 2 aromatic heterocycles. The minimum absolute atomic E-state index is 0.370. The summed E-state index contributed by atoms with van der Waals surface area (Å²) < 4.78 is 14.4. The van der Waals surface area contributed by atoms with E-state index in [4.69, 9.17) is 5.73 Å². The lowest BCUT2D eigenvalue weighted by Gasteiger charge is -2.22. The van der Waals surface area contributed by atoms with Crippen LogP contribution < -0.4 is 5.73 Å². The first-order valence-electron chi connectivity index (χ1n) is 4.90. The van der Waals surface area contributed by atoms with Crippen LogP contribution in [0.25, 0.3) is 0 Å². The standard InChI is InChI=1S/C11H13FN4/c1-11(13,8-5-15-16(2)7-8)10-4-3-9(12)6-14-10/h3-7H,13H2,1-2H3. The number of nitrogens with zero attached hydrogens (tertiary/aromatic N) is 3. The minimum atomic E-state index is -0.762. The summed E-state index contributed by atoms with van der Waals surface area (Å²) in [6.07, 6.45) is 4.67. The summed E-state index contributed by atoms with van der Waals surface area (Å²) in [5.74, 6) is -0.370. The Balaban J connectivity index is 2.42. The Morgan fingerprint density at radius 1 is 1.38 bits per heavy atom. The number of pyridine rings is 1. The van der Waals surface area contributed by atoms with Crippen LogP contribution in [0.3, 0.4) is 0 Å². The van der Waals surface area contributed by atoms with Gasteiger partial charge in [0.05, 0.1) is 23.6 Å². The van der Waals surface area contributed by atoms with Gasteiger partial charge in [-0.05, 0) is 19.1 Å². The van der Waals surface area contributed by atoms with Crippen molar-refractivity contribution in [3.63, 3.8) is 0 Å². The van der Waals surface area contributed by atoms with E-state index in [1.165, 1.54) is 6.07 Å². The fourth-order valence-electron chi connectivity index (χ4n) is 1.52. The van der Waals surface area contributed by atoms with Crippen LogP contribution in [0.1, 0.15) is 18.2 Å². The zero-order valence-electron chi connectivity index (χ0n) is 9.18. The summed E-state index contributed by atoms with van der Waals surface area (Å²) in [6.45, 7) is 1.82. The number of aryl methyl sites for hydroxylation is 1. The average Bonchev–Trinajstić information content (AvgIpc) is 2.66. The zero-order valence-corrected chi connectivity index (χ0v) is 9.18. The van der Waals surface area contributed by atoms with Gasteiger partial charge in [-0.2, -0.15) is 5.10 Å². The molecule has 2 rings (SSSR count). The molecule has 2 N–H and O–H groups in total. The van der Waals surface area contributed by atoms with Crippen LogP contribution in [0.15, 0.2) is 30.7 Å². The lowest BCUT2D eigenvalue weighted by Crippen LogP contribution is -2.35. The number of hydrogen-bond acceptors (Lipinski definition) is 3. The molecule has 0 aromatic carbocycles. The molecule has 4 nitrogen and oxygen atoms in total. The summed E-state index contributed by atoms with van der Waals surface area (Å²) >= 11 is 0. The Morgan fingerprint density at radius 3 is 2.62 bits per heavy atom. The van der Waals surface area contributed by atoms with Crippen molar-refractivity contribution in [2.45, 2.75) is 12.5 Å². The van der Waals surface area contributed by atoms with Gasteiger partial charge in [0, 0.05) is 18.8 Å². The van der Waals surface area contributed by atoms with Crippen molar-refractivity contribution in [3.05, 3.63) is 47.8 Å². The van der Waals surface area contributed by atoms with Gasteiger partial charge in [-0.25, -0.2) is 4.39 Å². The Kier molecular flexibility index (Phi) is 2.47. The second-order valence-electron chi connectivity index (χ2n) is 3.97. The van der Waals surface area contributed by atoms with E-state index in [0.29, 0.717) is 5.69 Å². The highest BCUT2D eigenvalue weighted by atomic mass is 19.1. The van der Waals surface area contributed by atoms with Crippen molar-refractivity contribution in [1.82, 2.24) is 14.8 Å². The van der Waals surface area contributed by atoms with E-state index in [0.717, 1.165) is 11.8 Å². The number of rotatable bonds is 2. The molecule has 84 valence electrons. The van der Waals surface area contributed by atoms with E-state index >= 15 is 0 Å². The topological polar surface area (TPSA) is 56.7 Å². The summed E-state index contributed by atoms with van der Waals surface area (Å²) in [7, 11) is 1.82. The van der Waals surface area contributed by atoms with Gasteiger partial charge in [-0.15, -0.1) is 0 Å². The van der Waals surface area contributed by atoms with Crippen molar-refractivity contribution in [2.75, 3.05) is 0 Å². The third kappa shape index (κ3) is 1.81. The van der Waals surface area contributed by atoms with Gasteiger partial charge in [0.1, 0.15) is 5.82 Å². The highest BCUT2D eigenvalue weighted by Crippen LogP contribution is 2.24. The Labute approximate surface area is 92.9 Å². The molecule has 1 unspecified atom stereocenters. The lowest BCUT2D eigenvalue weighted by atomic mass is 9.92. The molecule has 0 fully saturated rings. The molecule has 0 saturated carbocycles. The van der Waals surface area contributed by atoms with Gasteiger partial charge >= 0.3 is 0 Å². The van der Waals surface area contributed by atoms with E-state index in [2.05, 4.69) is 10.1 Å². The molecule has 5 heteroatoms. The molecule has 0 saturated heterocycles. The summed E-state index contributed by atoms with van der Waals surface area (Å²) in [5.41, 5.74) is 6.88. The predicted octanol–water partition coefficient (Wildman–Crippen LogP) is 1.18. The van der Waals surface area contributed by atoms with Crippen LogP contribution in [0.2, 0.25) is 0 Å². The molecule has 16 heavy (non-hydrogen) atoms. The van der Waals surface area contributed by atoms with Crippen LogP contribution in [0.4, 0.5) is 4.39 Å². The SMILES string of the molecule is Cn1cc(C(C)(N)c2ccc(F)cn2)cn1. The van der Waals surface area contributed by atoms with E-state index < -0.39 is 5.54 Å². The van der Waals surface area contributed by atoms with Gasteiger partial charge in [0.2, 0.25) is 0 Å². The van der Waals surface area contributed by atoms with Gasteiger partial charge in [-0.3, -0.25) is 9.67 Å². The van der Waals surface area contributed by atoms with E-state index in [1.54, 1.807) is 16.9 Å². The predicted molar refractivity (Wildman–Crippen MR) is 58.0 cm³/mol. The number of nitrogens with two attached hydrogens (primary N) is 1. The Hall–Kier alpha value is -1.75. The average molecular weight is 220 g/mol. The Bertz CT molecular complexity index is 487. The lowest BCUT2D eigenvalue weighted by molar-refractivity contribution is 0.567. The molecule has 0 spiro atoms. The number of aromatic nitrogens is 3. The molecule has 0 radical (unpaired) electrons. The van der Waals surface area contributed by atoms with Crippen molar-refractivity contribution < 1.29 is 4.39 Å². The van der Waals surface area contributed by atoms with Crippen LogP contribution in [0.5, 0.6) is 0 Å². The van der Waals surface area contributed by atoms with Gasteiger partial charge < -0.3 is 5.73 Å². The second-order valence-corrected chi connectivity index (χ2v) is 3.97. The first-order valence-corrected chi connectivity index (χ1v) is 4.90. The Morgan fingerprint density at radius 2 is 2.12 bits per heavy atom. The number of hydrogen-bond donors (Lipinski definition) is 1. The van der Waals surface area contributed by atoms with E-state index in [1.807, 2.05) is 20.2 Å². The molecular weight excluding hydrogens is 207 g/mol. The summed E-state index contributed by atoms with van der Waals surface area (Å²) in [4.78, 5) is 4.00. The molecular formula is C11H13FN4. The normalized spacial score (nSPS) is 14.8. The highest BCUT2D eigenvalue weighted by molar-refractivity contribution is 5.29. The second kappa shape index (κ2) is 3.68. The molecule has 0 bridgehead atoms. The van der Waals surface area contributed by atoms with Gasteiger partial charge in [0.25, 0.3) is 0 Å². The fraction of sp³-hybridized carbons (Fsp3) is 0.273. The molecule has 0 amide bonds. The summed E-state index contributed by atoms with van der Waals surface area (Å²) in [5, 5.41) is 4.06. The third-order valence-corrected chi connectivity index (χ3v) is 2.56. The molecule has 0 aliphatic carbocycles. The zero-order chi connectivity index (χ0) is 11.8. The number of halogens is 1. The molecule has 0 aliphatic heterocycles. The minimum Gasteiger partial charge on any atom is -0.317 e. The van der Waals surface area contributed by atoms with Crippen molar-refractivity contribution >= 4 is 0 Å². The summed E-state index contributed by atoms with van der Waals surface area (Å²) in [6, 6.07) is 2.94. The van der Waals surface area contributed by atoms with Gasteiger partial charge in [0.15, 0.2) is 0 Å². The smallest absolute Gasteiger partial charge is 0.141 e. The van der Waals surface area contributed by atoms with E-state index in [-0.39, 0.29) is 5.82 Å². The van der Waals surface area contributed by atoms with Crippen LogP contribution in [-0.4, -0.2) is 14.8 Å². The first-order chi connectivity index (χ1) is 7.50. The molecule has 1 atom stereocenters. The highest BCUT2D eigenvalue weighted by Gasteiger charge is 2.26. The fourth-order valence-corrected chi connectivity index (χ4v) is 1.52. The first kappa shape index (κ1) is 10.8. The van der Waals surface area contributed by atoms with Gasteiger partial charge in [-0.1, -0.05) is 0 Å². The van der Waals surface area contributed by atoms with Crippen molar-refractivity contribution in [2.24, 2.45) is 12.8 Å². The maximum absolute atomic E-state index is 12.8. The van der Waals surface area contributed by atoms with Crippen LogP contribution >= 0.6 is 0 Å².